The smallest absolute Gasteiger partial charge is 0.253 e. The summed E-state index contributed by atoms with van der Waals surface area (Å²) >= 11 is 0. The first-order chi connectivity index (χ1) is 8.66. The van der Waals surface area contributed by atoms with E-state index in [9.17, 15) is 9.90 Å². The van der Waals surface area contributed by atoms with Gasteiger partial charge in [0.1, 0.15) is 5.75 Å². The van der Waals surface area contributed by atoms with Crippen molar-refractivity contribution in [2.75, 3.05) is 18.9 Å². The first-order valence-corrected chi connectivity index (χ1v) is 6.15. The zero-order chi connectivity index (χ0) is 13.0. The van der Waals surface area contributed by atoms with Gasteiger partial charge in [0.2, 0.25) is 0 Å². The number of nitrogens with one attached hydrogen (secondary N) is 1. The van der Waals surface area contributed by atoms with E-state index in [1.165, 1.54) is 18.2 Å². The van der Waals surface area contributed by atoms with Crippen LogP contribution in [0.1, 0.15) is 29.6 Å². The topological polar surface area (TPSA) is 84.6 Å². The van der Waals surface area contributed by atoms with Crippen LogP contribution in [0.5, 0.6) is 5.75 Å². The van der Waals surface area contributed by atoms with Gasteiger partial charge < -0.3 is 20.9 Å². The van der Waals surface area contributed by atoms with Gasteiger partial charge in [-0.25, -0.2) is 0 Å². The molecule has 1 heterocycles. The molecule has 4 N–H and O–H groups in total. The minimum Gasteiger partial charge on any atom is -0.508 e. The number of benzene rings is 1. The van der Waals surface area contributed by atoms with Gasteiger partial charge in [-0.05, 0) is 37.5 Å². The van der Waals surface area contributed by atoms with Crippen molar-refractivity contribution in [1.82, 2.24) is 5.32 Å². The van der Waals surface area contributed by atoms with E-state index in [2.05, 4.69) is 5.32 Å². The maximum atomic E-state index is 11.8. The summed E-state index contributed by atoms with van der Waals surface area (Å²) in [7, 11) is 0. The Balaban J connectivity index is 1.85. The molecule has 1 aromatic carbocycles. The number of hydrogen-bond donors (Lipinski definition) is 3. The molecule has 1 amide bonds. The van der Waals surface area contributed by atoms with Crippen LogP contribution in [0, 0.1) is 0 Å². The monoisotopic (exact) mass is 250 g/mol. The number of amides is 1. The number of carbonyl (C=O) groups excluding carboxylic acids is 1. The number of nitrogens with two attached hydrogens (primary N) is 1. The van der Waals surface area contributed by atoms with Crippen molar-refractivity contribution in [2.45, 2.75) is 25.4 Å². The van der Waals surface area contributed by atoms with Crippen molar-refractivity contribution in [3.8, 4) is 5.75 Å². The highest BCUT2D eigenvalue weighted by molar-refractivity contribution is 5.99. The molecule has 1 aliphatic heterocycles. The SMILES string of the molecule is Nc1ccc(O)cc1C(=O)NCCC1CCCO1. The lowest BCUT2D eigenvalue weighted by molar-refractivity contribution is 0.0907. The second-order valence-corrected chi connectivity index (χ2v) is 4.45. The fourth-order valence-corrected chi connectivity index (χ4v) is 2.05. The van der Waals surface area contributed by atoms with Gasteiger partial charge in [-0.15, -0.1) is 0 Å². The Labute approximate surface area is 106 Å². The molecule has 1 atom stereocenters. The second-order valence-electron chi connectivity index (χ2n) is 4.45. The van der Waals surface area contributed by atoms with E-state index in [-0.39, 0.29) is 17.8 Å². The molecular weight excluding hydrogens is 232 g/mol. The first-order valence-electron chi connectivity index (χ1n) is 6.15. The number of rotatable bonds is 4. The lowest BCUT2D eigenvalue weighted by Crippen LogP contribution is -2.27. The van der Waals surface area contributed by atoms with Crippen molar-refractivity contribution in [3.05, 3.63) is 23.8 Å². The minimum atomic E-state index is -0.263. The molecule has 98 valence electrons. The van der Waals surface area contributed by atoms with E-state index in [0.717, 1.165) is 25.9 Å². The molecule has 0 bridgehead atoms. The molecule has 1 aromatic rings. The van der Waals surface area contributed by atoms with Crippen molar-refractivity contribution < 1.29 is 14.6 Å². The quantitative estimate of drug-likeness (QED) is 0.555. The molecule has 5 nitrogen and oxygen atoms in total. The van der Waals surface area contributed by atoms with Gasteiger partial charge in [0.05, 0.1) is 11.7 Å². The fraction of sp³-hybridized carbons (Fsp3) is 0.462. The van der Waals surface area contributed by atoms with Gasteiger partial charge in [-0.2, -0.15) is 0 Å². The molecule has 1 saturated heterocycles. The van der Waals surface area contributed by atoms with Gasteiger partial charge in [-0.1, -0.05) is 0 Å². The van der Waals surface area contributed by atoms with Gasteiger partial charge >= 0.3 is 0 Å². The van der Waals surface area contributed by atoms with Crippen molar-refractivity contribution in [1.29, 1.82) is 0 Å². The number of phenolic OH excluding ortho intramolecular Hbond substituents is 1. The van der Waals surface area contributed by atoms with Gasteiger partial charge in [0, 0.05) is 18.8 Å². The Morgan fingerprint density at radius 1 is 1.56 bits per heavy atom. The number of hydrogen-bond acceptors (Lipinski definition) is 4. The largest absolute Gasteiger partial charge is 0.508 e. The second kappa shape index (κ2) is 5.73. The fourth-order valence-electron chi connectivity index (χ4n) is 2.05. The molecule has 1 unspecified atom stereocenters. The lowest BCUT2D eigenvalue weighted by atomic mass is 10.1. The zero-order valence-electron chi connectivity index (χ0n) is 10.2. The summed E-state index contributed by atoms with van der Waals surface area (Å²) in [5, 5.41) is 12.1. The molecule has 5 heteroatoms. The first kappa shape index (κ1) is 12.7. The molecule has 18 heavy (non-hydrogen) atoms. The highest BCUT2D eigenvalue weighted by atomic mass is 16.5. The average molecular weight is 250 g/mol. The van der Waals surface area contributed by atoms with Crippen molar-refractivity contribution in [3.63, 3.8) is 0 Å². The highest BCUT2D eigenvalue weighted by Crippen LogP contribution is 2.18. The summed E-state index contributed by atoms with van der Waals surface area (Å²) in [4.78, 5) is 11.8. The molecule has 1 fully saturated rings. The van der Waals surface area contributed by atoms with Gasteiger partial charge in [0.15, 0.2) is 0 Å². The van der Waals surface area contributed by atoms with Gasteiger partial charge in [-0.3, -0.25) is 4.79 Å². The van der Waals surface area contributed by atoms with Crippen LogP contribution in [-0.2, 0) is 4.74 Å². The minimum absolute atomic E-state index is 0.0356. The third-order valence-corrected chi connectivity index (χ3v) is 3.06. The third kappa shape index (κ3) is 3.13. The van der Waals surface area contributed by atoms with Crippen LogP contribution >= 0.6 is 0 Å². The van der Waals surface area contributed by atoms with Crippen LogP contribution in [-0.4, -0.2) is 30.3 Å². The van der Waals surface area contributed by atoms with E-state index >= 15 is 0 Å². The van der Waals surface area contributed by atoms with E-state index < -0.39 is 0 Å². The summed E-state index contributed by atoms with van der Waals surface area (Å²) in [5.74, 6) is -0.227. The molecule has 1 aliphatic rings. The molecule has 2 rings (SSSR count). The maximum Gasteiger partial charge on any atom is 0.253 e. The van der Waals surface area contributed by atoms with Crippen molar-refractivity contribution >= 4 is 11.6 Å². The molecule has 0 aromatic heterocycles. The molecule has 0 aliphatic carbocycles. The summed E-state index contributed by atoms with van der Waals surface area (Å²) in [5.41, 5.74) is 6.36. The Bertz CT molecular complexity index is 428. The van der Waals surface area contributed by atoms with Gasteiger partial charge in [0.25, 0.3) is 5.91 Å². The van der Waals surface area contributed by atoms with E-state index in [1.807, 2.05) is 0 Å². The highest BCUT2D eigenvalue weighted by Gasteiger charge is 2.16. The van der Waals surface area contributed by atoms with Crippen LogP contribution in [0.4, 0.5) is 5.69 Å². The van der Waals surface area contributed by atoms with E-state index in [0.29, 0.717) is 17.8 Å². The Morgan fingerprint density at radius 3 is 3.11 bits per heavy atom. The molecule has 0 radical (unpaired) electrons. The lowest BCUT2D eigenvalue weighted by Gasteiger charge is -2.11. The number of ether oxygens (including phenoxy) is 1. The number of aromatic hydroxyl groups is 1. The predicted octanol–water partition coefficient (Wildman–Crippen LogP) is 1.27. The number of anilines is 1. The zero-order valence-corrected chi connectivity index (χ0v) is 10.2. The normalized spacial score (nSPS) is 18.8. The van der Waals surface area contributed by atoms with Crippen LogP contribution in [0.25, 0.3) is 0 Å². The van der Waals surface area contributed by atoms with Crippen LogP contribution in [0.15, 0.2) is 18.2 Å². The molecule has 0 saturated carbocycles. The Kier molecular flexibility index (Phi) is 4.04. The average Bonchev–Trinajstić information content (AvgIpc) is 2.85. The van der Waals surface area contributed by atoms with Crippen molar-refractivity contribution in [2.24, 2.45) is 0 Å². The molecule has 0 spiro atoms. The third-order valence-electron chi connectivity index (χ3n) is 3.06. The summed E-state index contributed by atoms with van der Waals surface area (Å²) < 4.78 is 5.47. The number of phenols is 1. The summed E-state index contributed by atoms with van der Waals surface area (Å²) in [6.07, 6.45) is 3.22. The number of carbonyl (C=O) groups is 1. The Hall–Kier alpha value is -1.75. The molecular formula is C13H18N2O3. The van der Waals surface area contributed by atoms with E-state index in [4.69, 9.17) is 10.5 Å². The van der Waals surface area contributed by atoms with Crippen LogP contribution in [0.2, 0.25) is 0 Å². The number of nitrogen functional groups attached to an aromatic ring is 1. The van der Waals surface area contributed by atoms with Crippen LogP contribution < -0.4 is 11.1 Å². The van der Waals surface area contributed by atoms with E-state index in [1.54, 1.807) is 0 Å². The summed E-state index contributed by atoms with van der Waals surface area (Å²) in [6, 6.07) is 4.35. The summed E-state index contributed by atoms with van der Waals surface area (Å²) in [6.45, 7) is 1.37. The van der Waals surface area contributed by atoms with Crippen LogP contribution in [0.3, 0.4) is 0 Å². The standard InChI is InChI=1S/C13H18N2O3/c14-12-4-3-9(16)8-11(12)13(17)15-6-5-10-2-1-7-18-10/h3-4,8,10,16H,1-2,5-7,14H2,(H,15,17). The maximum absolute atomic E-state index is 11.8. The predicted molar refractivity (Wildman–Crippen MR) is 68.4 cm³/mol. The Morgan fingerprint density at radius 2 is 2.39 bits per heavy atom.